The Morgan fingerprint density at radius 1 is 1.00 bits per heavy atom. The molecular weight excluding hydrogens is 318 g/mol. The standard InChI is InChI=1S/C19H17N3OS/c1-13-8-9-14(2)16(12-13)24-19-15(6-5-11-21-19)18(23)22-17-7-3-4-10-20-17/h3-12H,1-2H3,(H,20,22,23). The van der Waals surface area contributed by atoms with Crippen LogP contribution >= 0.6 is 11.8 Å². The molecule has 0 spiro atoms. The highest BCUT2D eigenvalue weighted by atomic mass is 32.2. The smallest absolute Gasteiger partial charge is 0.259 e. The third-order valence-corrected chi connectivity index (χ3v) is 4.65. The molecule has 0 aliphatic heterocycles. The minimum absolute atomic E-state index is 0.213. The number of carbonyl (C=O) groups is 1. The largest absolute Gasteiger partial charge is 0.306 e. The number of rotatable bonds is 4. The van der Waals surface area contributed by atoms with Crippen LogP contribution in [0, 0.1) is 13.8 Å². The van der Waals surface area contributed by atoms with E-state index in [0.717, 1.165) is 10.5 Å². The molecule has 0 radical (unpaired) electrons. The summed E-state index contributed by atoms with van der Waals surface area (Å²) in [6.07, 6.45) is 3.34. The van der Waals surface area contributed by atoms with Gasteiger partial charge in [-0.25, -0.2) is 9.97 Å². The lowest BCUT2D eigenvalue weighted by Crippen LogP contribution is -2.14. The molecule has 0 aliphatic carbocycles. The highest BCUT2D eigenvalue weighted by Gasteiger charge is 2.15. The van der Waals surface area contributed by atoms with Crippen molar-refractivity contribution in [3.05, 3.63) is 77.6 Å². The zero-order valence-electron chi connectivity index (χ0n) is 13.5. The number of nitrogens with one attached hydrogen (secondary N) is 1. The van der Waals surface area contributed by atoms with Crippen molar-refractivity contribution in [2.75, 3.05) is 5.32 Å². The first kappa shape index (κ1) is 16.2. The van der Waals surface area contributed by atoms with Gasteiger partial charge < -0.3 is 5.32 Å². The molecule has 3 rings (SSSR count). The molecule has 3 aromatic rings. The molecule has 0 bridgehead atoms. The second kappa shape index (κ2) is 7.27. The van der Waals surface area contributed by atoms with Gasteiger partial charge in [-0.15, -0.1) is 0 Å². The molecule has 120 valence electrons. The maximum absolute atomic E-state index is 12.6. The van der Waals surface area contributed by atoms with Gasteiger partial charge >= 0.3 is 0 Å². The maximum atomic E-state index is 12.6. The summed E-state index contributed by atoms with van der Waals surface area (Å²) in [5, 5.41) is 3.49. The molecule has 1 N–H and O–H groups in total. The van der Waals surface area contributed by atoms with E-state index in [0.29, 0.717) is 16.4 Å². The number of benzene rings is 1. The molecule has 0 fully saturated rings. The van der Waals surface area contributed by atoms with Crippen LogP contribution in [0.3, 0.4) is 0 Å². The van der Waals surface area contributed by atoms with Crippen molar-refractivity contribution in [2.24, 2.45) is 0 Å². The third kappa shape index (κ3) is 3.81. The van der Waals surface area contributed by atoms with Crippen molar-refractivity contribution in [3.63, 3.8) is 0 Å². The van der Waals surface area contributed by atoms with Gasteiger partial charge in [0.1, 0.15) is 10.8 Å². The van der Waals surface area contributed by atoms with Crippen molar-refractivity contribution >= 4 is 23.5 Å². The Hall–Kier alpha value is -2.66. The van der Waals surface area contributed by atoms with Gasteiger partial charge in [0.05, 0.1) is 5.56 Å². The first-order chi connectivity index (χ1) is 11.6. The van der Waals surface area contributed by atoms with Gasteiger partial charge in [-0.3, -0.25) is 4.79 Å². The zero-order chi connectivity index (χ0) is 16.9. The predicted molar refractivity (Wildman–Crippen MR) is 96.5 cm³/mol. The second-order valence-electron chi connectivity index (χ2n) is 5.40. The Morgan fingerprint density at radius 2 is 1.83 bits per heavy atom. The summed E-state index contributed by atoms with van der Waals surface area (Å²) in [4.78, 5) is 22.2. The monoisotopic (exact) mass is 335 g/mol. The molecule has 5 heteroatoms. The molecule has 1 amide bonds. The van der Waals surface area contributed by atoms with Crippen LogP contribution in [0.25, 0.3) is 0 Å². The molecule has 1 aromatic carbocycles. The average molecular weight is 335 g/mol. The molecule has 4 nitrogen and oxygen atoms in total. The minimum atomic E-state index is -0.213. The first-order valence-corrected chi connectivity index (χ1v) is 8.37. The highest BCUT2D eigenvalue weighted by molar-refractivity contribution is 7.99. The molecule has 0 atom stereocenters. The van der Waals surface area contributed by atoms with Crippen LogP contribution in [0.2, 0.25) is 0 Å². The quantitative estimate of drug-likeness (QED) is 0.763. The number of carbonyl (C=O) groups excluding carboxylic acids is 1. The normalized spacial score (nSPS) is 10.4. The highest BCUT2D eigenvalue weighted by Crippen LogP contribution is 2.32. The predicted octanol–water partition coefficient (Wildman–Crippen LogP) is 4.50. The number of nitrogens with zero attached hydrogens (tertiary/aromatic N) is 2. The number of aromatic nitrogens is 2. The lowest BCUT2D eigenvalue weighted by molar-refractivity contribution is 0.102. The van der Waals surface area contributed by atoms with E-state index in [1.54, 1.807) is 30.6 Å². The minimum Gasteiger partial charge on any atom is -0.306 e. The average Bonchev–Trinajstić information content (AvgIpc) is 2.59. The number of aryl methyl sites for hydroxylation is 2. The summed E-state index contributed by atoms with van der Waals surface area (Å²) in [5.74, 6) is 0.309. The van der Waals surface area contributed by atoms with Gasteiger partial charge in [0.15, 0.2) is 0 Å². The van der Waals surface area contributed by atoms with Crippen molar-refractivity contribution in [1.82, 2.24) is 9.97 Å². The SMILES string of the molecule is Cc1ccc(C)c(Sc2ncccc2C(=O)Nc2ccccn2)c1. The van der Waals surface area contributed by atoms with E-state index in [4.69, 9.17) is 0 Å². The number of hydrogen-bond acceptors (Lipinski definition) is 4. The van der Waals surface area contributed by atoms with Gasteiger partial charge in [-0.1, -0.05) is 30.0 Å². The van der Waals surface area contributed by atoms with Gasteiger partial charge in [0.2, 0.25) is 0 Å². The Morgan fingerprint density at radius 3 is 2.62 bits per heavy atom. The number of hydrogen-bond donors (Lipinski definition) is 1. The van der Waals surface area contributed by atoms with Crippen molar-refractivity contribution in [3.8, 4) is 0 Å². The van der Waals surface area contributed by atoms with Gasteiger partial charge in [-0.2, -0.15) is 0 Å². The summed E-state index contributed by atoms with van der Waals surface area (Å²) in [6.45, 7) is 4.11. The second-order valence-corrected chi connectivity index (χ2v) is 6.43. The van der Waals surface area contributed by atoms with Crippen LogP contribution < -0.4 is 5.32 Å². The van der Waals surface area contributed by atoms with Gasteiger partial charge in [0, 0.05) is 17.3 Å². The maximum Gasteiger partial charge on any atom is 0.259 e. The van der Waals surface area contributed by atoms with E-state index in [-0.39, 0.29) is 5.91 Å². The topological polar surface area (TPSA) is 54.9 Å². The number of amides is 1. The van der Waals surface area contributed by atoms with Gasteiger partial charge in [0.25, 0.3) is 5.91 Å². The molecule has 2 aromatic heterocycles. The summed E-state index contributed by atoms with van der Waals surface area (Å²) in [7, 11) is 0. The molecule has 2 heterocycles. The van der Waals surface area contributed by atoms with Crippen LogP contribution in [-0.4, -0.2) is 15.9 Å². The number of anilines is 1. The molecule has 0 unspecified atom stereocenters. The van der Waals surface area contributed by atoms with Crippen LogP contribution in [-0.2, 0) is 0 Å². The molecule has 0 saturated carbocycles. The fourth-order valence-corrected chi connectivity index (χ4v) is 3.25. The Kier molecular flexibility index (Phi) is 4.91. The van der Waals surface area contributed by atoms with Gasteiger partial charge in [-0.05, 0) is 55.3 Å². The van der Waals surface area contributed by atoms with E-state index in [2.05, 4.69) is 47.3 Å². The lowest BCUT2D eigenvalue weighted by Gasteiger charge is -2.10. The molecule has 24 heavy (non-hydrogen) atoms. The fourth-order valence-electron chi connectivity index (χ4n) is 2.19. The van der Waals surface area contributed by atoms with E-state index < -0.39 is 0 Å². The van der Waals surface area contributed by atoms with E-state index in [1.165, 1.54) is 17.3 Å². The summed E-state index contributed by atoms with van der Waals surface area (Å²) in [5.41, 5.74) is 2.87. The van der Waals surface area contributed by atoms with Crippen LogP contribution in [0.5, 0.6) is 0 Å². The van der Waals surface area contributed by atoms with Crippen molar-refractivity contribution in [1.29, 1.82) is 0 Å². The molecular formula is C19H17N3OS. The zero-order valence-corrected chi connectivity index (χ0v) is 14.3. The van der Waals surface area contributed by atoms with E-state index in [1.807, 2.05) is 12.1 Å². The third-order valence-electron chi connectivity index (χ3n) is 3.47. The van der Waals surface area contributed by atoms with Crippen LogP contribution in [0.1, 0.15) is 21.5 Å². The van der Waals surface area contributed by atoms with E-state index in [9.17, 15) is 4.79 Å². The van der Waals surface area contributed by atoms with Crippen molar-refractivity contribution < 1.29 is 4.79 Å². The summed E-state index contributed by atoms with van der Waals surface area (Å²) < 4.78 is 0. The summed E-state index contributed by atoms with van der Waals surface area (Å²) in [6, 6.07) is 15.2. The first-order valence-electron chi connectivity index (χ1n) is 7.56. The fraction of sp³-hybridized carbons (Fsp3) is 0.105. The number of pyridine rings is 2. The van der Waals surface area contributed by atoms with Crippen LogP contribution in [0.15, 0.2) is 70.8 Å². The van der Waals surface area contributed by atoms with E-state index >= 15 is 0 Å². The Bertz CT molecular complexity index is 865. The lowest BCUT2D eigenvalue weighted by atomic mass is 10.2. The summed E-state index contributed by atoms with van der Waals surface area (Å²) >= 11 is 1.50. The Labute approximate surface area is 145 Å². The van der Waals surface area contributed by atoms with Crippen molar-refractivity contribution in [2.45, 2.75) is 23.8 Å². The Balaban J connectivity index is 1.88. The molecule has 0 aliphatic rings. The van der Waals surface area contributed by atoms with Crippen LogP contribution in [0.4, 0.5) is 5.82 Å². The molecule has 0 saturated heterocycles.